The summed E-state index contributed by atoms with van der Waals surface area (Å²) >= 11 is 10.7. The number of hydrogen-bond donors (Lipinski definition) is 1. The van der Waals surface area contributed by atoms with Crippen molar-refractivity contribution in [2.24, 2.45) is 0 Å². The van der Waals surface area contributed by atoms with E-state index >= 15 is 0 Å². The van der Waals surface area contributed by atoms with E-state index in [1.807, 2.05) is 0 Å². The monoisotopic (exact) mass is 444 g/mol. The van der Waals surface area contributed by atoms with Crippen LogP contribution in [0.25, 0.3) is 0 Å². The lowest BCUT2D eigenvalue weighted by molar-refractivity contribution is -0.132. The Hall–Kier alpha value is -1.57. The normalized spacial score (nSPS) is 11.7. The molecule has 1 atom stereocenters. The molecule has 0 spiro atoms. The molecule has 0 bridgehead atoms. The van der Waals surface area contributed by atoms with Gasteiger partial charge in [0.05, 0.1) is 15.8 Å². The van der Waals surface area contributed by atoms with E-state index in [2.05, 4.69) is 21.2 Å². The maximum atomic E-state index is 12.5. The molecule has 1 aromatic heterocycles. The van der Waals surface area contributed by atoms with Crippen LogP contribution >= 0.6 is 38.9 Å². The first-order chi connectivity index (χ1) is 11.8. The van der Waals surface area contributed by atoms with Gasteiger partial charge in [0, 0.05) is 24.2 Å². The number of nitrogens with zero attached hydrogens (tertiary/aromatic N) is 1. The first-order valence-corrected chi connectivity index (χ1v) is 9.44. The van der Waals surface area contributed by atoms with Crippen LogP contribution in [0.3, 0.4) is 0 Å². The van der Waals surface area contributed by atoms with E-state index in [1.165, 1.54) is 16.2 Å². The fourth-order valence-electron chi connectivity index (χ4n) is 2.30. The summed E-state index contributed by atoms with van der Waals surface area (Å²) in [6, 6.07) is 8.11. The van der Waals surface area contributed by atoms with Gasteiger partial charge in [0.1, 0.15) is 11.8 Å². The van der Waals surface area contributed by atoms with Gasteiger partial charge >= 0.3 is 0 Å². The Morgan fingerprint density at radius 1 is 1.36 bits per heavy atom. The number of thiophene rings is 1. The maximum Gasteiger partial charge on any atom is 0.262 e. The molecule has 134 valence electrons. The minimum absolute atomic E-state index is 0.203. The van der Waals surface area contributed by atoms with Crippen LogP contribution in [0.2, 0.25) is 5.02 Å². The standard InChI is InChI=1S/C17H18BrClN2O3S/c1-10(20-16(22)14-6-7-15(18)25-14)17(23)21(2)9-11-8-12(19)4-5-13(11)24-3/h4-8,10H,9H2,1-3H3,(H,20,22). The highest BCUT2D eigenvalue weighted by molar-refractivity contribution is 9.11. The summed E-state index contributed by atoms with van der Waals surface area (Å²) < 4.78 is 6.16. The highest BCUT2D eigenvalue weighted by Gasteiger charge is 2.21. The van der Waals surface area contributed by atoms with Crippen molar-refractivity contribution in [1.29, 1.82) is 0 Å². The lowest BCUT2D eigenvalue weighted by Gasteiger charge is -2.23. The van der Waals surface area contributed by atoms with E-state index in [0.29, 0.717) is 22.2 Å². The summed E-state index contributed by atoms with van der Waals surface area (Å²) in [5.41, 5.74) is 0.798. The summed E-state index contributed by atoms with van der Waals surface area (Å²) in [5.74, 6) is 0.181. The van der Waals surface area contributed by atoms with Crippen LogP contribution in [0, 0.1) is 0 Å². The molecule has 0 saturated heterocycles. The van der Waals surface area contributed by atoms with E-state index in [9.17, 15) is 9.59 Å². The van der Waals surface area contributed by atoms with Gasteiger partial charge in [-0.3, -0.25) is 9.59 Å². The highest BCUT2D eigenvalue weighted by atomic mass is 79.9. The molecule has 25 heavy (non-hydrogen) atoms. The number of amides is 2. The average Bonchev–Trinajstić information content (AvgIpc) is 3.00. The van der Waals surface area contributed by atoms with Crippen LogP contribution in [0.4, 0.5) is 0 Å². The van der Waals surface area contributed by atoms with Crippen molar-refractivity contribution in [2.75, 3.05) is 14.2 Å². The minimum Gasteiger partial charge on any atom is -0.496 e. The lowest BCUT2D eigenvalue weighted by atomic mass is 10.1. The molecule has 0 aliphatic carbocycles. The number of rotatable bonds is 6. The molecule has 0 aliphatic heterocycles. The van der Waals surface area contributed by atoms with Gasteiger partial charge in [0.25, 0.3) is 5.91 Å². The zero-order valence-corrected chi connectivity index (χ0v) is 17.2. The lowest BCUT2D eigenvalue weighted by Crippen LogP contribution is -2.45. The SMILES string of the molecule is COc1ccc(Cl)cc1CN(C)C(=O)C(C)NC(=O)c1ccc(Br)s1. The Morgan fingerprint density at radius 3 is 2.68 bits per heavy atom. The van der Waals surface area contributed by atoms with Crippen LogP contribution in [-0.2, 0) is 11.3 Å². The molecular formula is C17H18BrClN2O3S. The Balaban J connectivity index is 2.01. The van der Waals surface area contributed by atoms with Gasteiger partial charge in [-0.1, -0.05) is 11.6 Å². The third-order valence-electron chi connectivity index (χ3n) is 3.54. The second-order valence-corrected chi connectivity index (χ2v) is 8.35. The Morgan fingerprint density at radius 2 is 2.08 bits per heavy atom. The molecule has 0 radical (unpaired) electrons. The molecule has 8 heteroatoms. The van der Waals surface area contributed by atoms with Gasteiger partial charge in [-0.05, 0) is 53.2 Å². The summed E-state index contributed by atoms with van der Waals surface area (Å²) in [4.78, 5) is 26.8. The van der Waals surface area contributed by atoms with Gasteiger partial charge in [0.15, 0.2) is 0 Å². The van der Waals surface area contributed by atoms with Gasteiger partial charge in [0.2, 0.25) is 5.91 Å². The third kappa shape index (κ3) is 5.20. The molecule has 1 N–H and O–H groups in total. The first kappa shape index (κ1) is 19.8. The molecule has 2 amide bonds. The zero-order valence-electron chi connectivity index (χ0n) is 14.0. The van der Waals surface area contributed by atoms with E-state index in [1.54, 1.807) is 51.4 Å². The van der Waals surface area contributed by atoms with Crippen LogP contribution in [0.5, 0.6) is 5.75 Å². The smallest absolute Gasteiger partial charge is 0.262 e. The number of nitrogens with one attached hydrogen (secondary N) is 1. The Kier molecular flexibility index (Phi) is 6.87. The fourth-order valence-corrected chi connectivity index (χ4v) is 3.78. The fraction of sp³-hybridized carbons (Fsp3) is 0.294. The number of hydrogen-bond acceptors (Lipinski definition) is 4. The molecule has 0 aliphatic rings. The molecule has 2 aromatic rings. The Bertz CT molecular complexity index is 781. The predicted molar refractivity (Wildman–Crippen MR) is 103 cm³/mol. The van der Waals surface area contributed by atoms with Gasteiger partial charge in [-0.15, -0.1) is 11.3 Å². The van der Waals surface area contributed by atoms with Crippen molar-refractivity contribution in [3.8, 4) is 5.75 Å². The largest absolute Gasteiger partial charge is 0.496 e. The van der Waals surface area contributed by atoms with Crippen molar-refractivity contribution in [3.63, 3.8) is 0 Å². The molecular weight excluding hydrogens is 428 g/mol. The van der Waals surface area contributed by atoms with Crippen molar-refractivity contribution in [2.45, 2.75) is 19.5 Å². The summed E-state index contributed by atoms with van der Waals surface area (Å²) in [5, 5.41) is 3.29. The molecule has 1 aromatic carbocycles. The number of carbonyl (C=O) groups is 2. The maximum absolute atomic E-state index is 12.5. The van der Waals surface area contributed by atoms with E-state index in [-0.39, 0.29) is 11.8 Å². The van der Waals surface area contributed by atoms with Crippen molar-refractivity contribution in [3.05, 3.63) is 49.6 Å². The van der Waals surface area contributed by atoms with Crippen LogP contribution in [0.1, 0.15) is 22.2 Å². The van der Waals surface area contributed by atoms with E-state index in [4.69, 9.17) is 16.3 Å². The number of ether oxygens (including phenoxy) is 1. The van der Waals surface area contributed by atoms with Crippen molar-refractivity contribution >= 4 is 50.7 Å². The molecule has 0 fully saturated rings. The van der Waals surface area contributed by atoms with Crippen LogP contribution < -0.4 is 10.1 Å². The predicted octanol–water partition coefficient (Wildman–Crippen LogP) is 3.95. The number of halogens is 2. The van der Waals surface area contributed by atoms with Gasteiger partial charge in [-0.25, -0.2) is 0 Å². The summed E-state index contributed by atoms with van der Waals surface area (Å²) in [6.07, 6.45) is 0. The first-order valence-electron chi connectivity index (χ1n) is 7.45. The summed E-state index contributed by atoms with van der Waals surface area (Å²) in [6.45, 7) is 1.99. The molecule has 0 saturated carbocycles. The average molecular weight is 446 g/mol. The van der Waals surface area contributed by atoms with Gasteiger partial charge in [-0.2, -0.15) is 0 Å². The second-order valence-electron chi connectivity index (χ2n) is 5.45. The van der Waals surface area contributed by atoms with E-state index < -0.39 is 6.04 Å². The van der Waals surface area contributed by atoms with Crippen LogP contribution in [-0.4, -0.2) is 36.9 Å². The number of benzene rings is 1. The Labute approximate surface area is 164 Å². The molecule has 1 heterocycles. The summed E-state index contributed by atoms with van der Waals surface area (Å²) in [7, 11) is 3.24. The highest BCUT2D eigenvalue weighted by Crippen LogP contribution is 2.24. The van der Waals surface area contributed by atoms with Gasteiger partial charge < -0.3 is 15.0 Å². The minimum atomic E-state index is -0.649. The molecule has 1 unspecified atom stereocenters. The quantitative estimate of drug-likeness (QED) is 0.732. The molecule has 5 nitrogen and oxygen atoms in total. The number of carbonyl (C=O) groups excluding carboxylic acids is 2. The number of methoxy groups -OCH3 is 1. The van der Waals surface area contributed by atoms with E-state index in [0.717, 1.165) is 9.35 Å². The van der Waals surface area contributed by atoms with Crippen LogP contribution in [0.15, 0.2) is 34.1 Å². The number of likely N-dealkylation sites (N-methyl/N-ethyl adjacent to an activating group) is 1. The second kappa shape index (κ2) is 8.69. The topological polar surface area (TPSA) is 58.6 Å². The molecule has 2 rings (SSSR count). The van der Waals surface area contributed by atoms with Crippen molar-refractivity contribution in [1.82, 2.24) is 10.2 Å². The third-order valence-corrected chi connectivity index (χ3v) is 5.40. The van der Waals surface area contributed by atoms with Crippen molar-refractivity contribution < 1.29 is 14.3 Å². The zero-order chi connectivity index (χ0) is 18.6.